The molecule has 4 heteroatoms. The summed E-state index contributed by atoms with van der Waals surface area (Å²) in [6, 6.07) is 0.262. The summed E-state index contributed by atoms with van der Waals surface area (Å²) >= 11 is 0. The summed E-state index contributed by atoms with van der Waals surface area (Å²) in [7, 11) is -2.90. The van der Waals surface area contributed by atoms with E-state index in [1.807, 2.05) is 0 Å². The van der Waals surface area contributed by atoms with Crippen LogP contribution in [0.5, 0.6) is 0 Å². The van der Waals surface area contributed by atoms with Crippen LogP contribution in [0.25, 0.3) is 0 Å². The minimum atomic E-state index is -2.90. The molecule has 0 radical (unpaired) electrons. The molecular weight excluding hydrogens is 174 g/mol. The van der Waals surface area contributed by atoms with Crippen LogP contribution in [0.3, 0.4) is 0 Å². The highest BCUT2D eigenvalue weighted by Crippen LogP contribution is 2.30. The summed E-state index contributed by atoms with van der Waals surface area (Å²) in [6.45, 7) is 0. The van der Waals surface area contributed by atoms with Gasteiger partial charge in [0.25, 0.3) is 0 Å². The molecule has 2 atom stereocenters. The van der Waals surface area contributed by atoms with Crippen molar-refractivity contribution in [2.24, 2.45) is 5.92 Å². The molecule has 2 rings (SSSR count). The Balaban J connectivity index is 2.08. The normalized spacial score (nSPS) is 40.3. The maximum atomic E-state index is 11.2. The van der Waals surface area contributed by atoms with Crippen LogP contribution in [0.1, 0.15) is 32.1 Å². The van der Waals surface area contributed by atoms with Gasteiger partial charge in [0.05, 0.1) is 5.75 Å². The Labute approximate surface area is 73.6 Å². The number of hydrogen-bond acceptors (Lipinski definition) is 2. The van der Waals surface area contributed by atoms with Crippen LogP contribution < -0.4 is 4.72 Å². The molecular formula is C8H15NO2S. The Bertz CT molecular complexity index is 260. The molecule has 0 aromatic heterocycles. The SMILES string of the molecule is O=S1(=O)CCC2CCCCC2N1. The van der Waals surface area contributed by atoms with Crippen molar-refractivity contribution in [3.8, 4) is 0 Å². The molecule has 1 aliphatic heterocycles. The minimum Gasteiger partial charge on any atom is -0.212 e. The maximum absolute atomic E-state index is 11.2. The van der Waals surface area contributed by atoms with Gasteiger partial charge in [-0.15, -0.1) is 0 Å². The molecule has 2 aliphatic rings. The molecule has 1 aliphatic carbocycles. The quantitative estimate of drug-likeness (QED) is 0.614. The van der Waals surface area contributed by atoms with Crippen molar-refractivity contribution in [2.45, 2.75) is 38.1 Å². The van der Waals surface area contributed by atoms with Gasteiger partial charge in [-0.25, -0.2) is 13.1 Å². The number of fused-ring (bicyclic) bond motifs is 1. The highest BCUT2D eigenvalue weighted by atomic mass is 32.2. The van der Waals surface area contributed by atoms with Gasteiger partial charge in [-0.05, 0) is 25.2 Å². The van der Waals surface area contributed by atoms with Crippen LogP contribution >= 0.6 is 0 Å². The highest BCUT2D eigenvalue weighted by Gasteiger charge is 2.33. The largest absolute Gasteiger partial charge is 0.212 e. The first-order valence-corrected chi connectivity index (χ1v) is 6.33. The van der Waals surface area contributed by atoms with Gasteiger partial charge < -0.3 is 0 Å². The lowest BCUT2D eigenvalue weighted by atomic mass is 9.83. The van der Waals surface area contributed by atoms with Gasteiger partial charge in [0.2, 0.25) is 10.0 Å². The molecule has 1 heterocycles. The summed E-state index contributed by atoms with van der Waals surface area (Å²) < 4.78 is 25.2. The van der Waals surface area contributed by atoms with Crippen LogP contribution in [0.4, 0.5) is 0 Å². The lowest BCUT2D eigenvalue weighted by molar-refractivity contribution is 0.270. The van der Waals surface area contributed by atoms with Crippen molar-refractivity contribution in [2.75, 3.05) is 5.75 Å². The third kappa shape index (κ3) is 1.64. The van der Waals surface area contributed by atoms with E-state index in [4.69, 9.17) is 0 Å². The van der Waals surface area contributed by atoms with Gasteiger partial charge >= 0.3 is 0 Å². The molecule has 70 valence electrons. The fourth-order valence-corrected chi connectivity index (χ4v) is 3.81. The van der Waals surface area contributed by atoms with Crippen molar-refractivity contribution in [1.82, 2.24) is 4.72 Å². The zero-order valence-electron chi connectivity index (χ0n) is 7.12. The molecule has 2 unspecified atom stereocenters. The number of nitrogens with one attached hydrogen (secondary N) is 1. The average Bonchev–Trinajstić information content (AvgIpc) is 2.02. The fraction of sp³-hybridized carbons (Fsp3) is 1.00. The van der Waals surface area contributed by atoms with Gasteiger partial charge in [-0.1, -0.05) is 12.8 Å². The van der Waals surface area contributed by atoms with E-state index in [0.717, 1.165) is 12.8 Å². The molecule has 1 saturated heterocycles. The van der Waals surface area contributed by atoms with E-state index in [1.54, 1.807) is 0 Å². The Morgan fingerprint density at radius 1 is 1.08 bits per heavy atom. The van der Waals surface area contributed by atoms with E-state index in [0.29, 0.717) is 11.7 Å². The van der Waals surface area contributed by atoms with Crippen molar-refractivity contribution < 1.29 is 8.42 Å². The van der Waals surface area contributed by atoms with Gasteiger partial charge in [0.1, 0.15) is 0 Å². The van der Waals surface area contributed by atoms with E-state index >= 15 is 0 Å². The summed E-state index contributed by atoms with van der Waals surface area (Å²) in [6.07, 6.45) is 5.60. The summed E-state index contributed by atoms with van der Waals surface area (Å²) in [5, 5.41) is 0. The van der Waals surface area contributed by atoms with Gasteiger partial charge in [0, 0.05) is 6.04 Å². The first-order chi connectivity index (χ1) is 5.67. The lowest BCUT2D eigenvalue weighted by Gasteiger charge is -2.35. The Morgan fingerprint density at radius 2 is 1.83 bits per heavy atom. The lowest BCUT2D eigenvalue weighted by Crippen LogP contribution is -2.48. The summed E-state index contributed by atoms with van der Waals surface area (Å²) in [5.74, 6) is 0.969. The van der Waals surface area contributed by atoms with E-state index in [2.05, 4.69) is 4.72 Å². The molecule has 2 fully saturated rings. The minimum absolute atomic E-state index is 0.262. The van der Waals surface area contributed by atoms with Crippen molar-refractivity contribution in [1.29, 1.82) is 0 Å². The smallest absolute Gasteiger partial charge is 0.211 e. The second kappa shape index (κ2) is 3.00. The number of sulfonamides is 1. The van der Waals surface area contributed by atoms with E-state index < -0.39 is 10.0 Å². The Kier molecular flexibility index (Phi) is 2.12. The molecule has 0 amide bonds. The zero-order valence-corrected chi connectivity index (χ0v) is 7.94. The monoisotopic (exact) mass is 189 g/mol. The average molecular weight is 189 g/mol. The summed E-state index contributed by atoms with van der Waals surface area (Å²) in [5.41, 5.74) is 0. The van der Waals surface area contributed by atoms with Crippen LogP contribution in [-0.4, -0.2) is 20.2 Å². The molecule has 12 heavy (non-hydrogen) atoms. The van der Waals surface area contributed by atoms with Crippen LogP contribution in [-0.2, 0) is 10.0 Å². The third-order valence-electron chi connectivity index (χ3n) is 3.00. The standard InChI is InChI=1S/C8H15NO2S/c10-12(11)6-5-7-3-1-2-4-8(7)9-12/h7-9H,1-6H2. The van der Waals surface area contributed by atoms with Crippen LogP contribution in [0.2, 0.25) is 0 Å². The van der Waals surface area contributed by atoms with Crippen molar-refractivity contribution >= 4 is 10.0 Å². The first-order valence-electron chi connectivity index (χ1n) is 4.67. The van der Waals surface area contributed by atoms with Crippen molar-refractivity contribution in [3.63, 3.8) is 0 Å². The first kappa shape index (κ1) is 8.51. The number of hydrogen-bond donors (Lipinski definition) is 1. The predicted octanol–water partition coefficient (Wildman–Crippen LogP) is 0.868. The Hall–Kier alpha value is -0.0900. The molecule has 0 spiro atoms. The van der Waals surface area contributed by atoms with Crippen LogP contribution in [0, 0.1) is 5.92 Å². The van der Waals surface area contributed by atoms with Gasteiger partial charge in [-0.3, -0.25) is 0 Å². The number of rotatable bonds is 0. The maximum Gasteiger partial charge on any atom is 0.211 e. The zero-order chi connectivity index (χ0) is 8.60. The molecule has 0 aromatic carbocycles. The topological polar surface area (TPSA) is 46.2 Å². The van der Waals surface area contributed by atoms with Crippen LogP contribution in [0.15, 0.2) is 0 Å². The van der Waals surface area contributed by atoms with Gasteiger partial charge in [0.15, 0.2) is 0 Å². The van der Waals surface area contributed by atoms with E-state index in [-0.39, 0.29) is 6.04 Å². The van der Waals surface area contributed by atoms with E-state index in [9.17, 15) is 8.42 Å². The summed E-state index contributed by atoms with van der Waals surface area (Å²) in [4.78, 5) is 0. The molecule has 1 N–H and O–H groups in total. The highest BCUT2D eigenvalue weighted by molar-refractivity contribution is 7.89. The van der Waals surface area contributed by atoms with E-state index in [1.165, 1.54) is 19.3 Å². The van der Waals surface area contributed by atoms with Crippen molar-refractivity contribution in [3.05, 3.63) is 0 Å². The third-order valence-corrected chi connectivity index (χ3v) is 4.43. The predicted molar refractivity (Wildman–Crippen MR) is 47.3 cm³/mol. The molecule has 0 bridgehead atoms. The molecule has 0 aromatic rings. The second-order valence-corrected chi connectivity index (χ2v) is 5.75. The van der Waals surface area contributed by atoms with Gasteiger partial charge in [-0.2, -0.15) is 0 Å². The second-order valence-electron chi connectivity index (χ2n) is 3.88. The Morgan fingerprint density at radius 3 is 2.67 bits per heavy atom. The molecule has 3 nitrogen and oxygen atoms in total. The fourth-order valence-electron chi connectivity index (χ4n) is 2.30. The molecule has 1 saturated carbocycles.